The predicted octanol–water partition coefficient (Wildman–Crippen LogP) is 4.13. The van der Waals surface area contributed by atoms with Gasteiger partial charge in [-0.05, 0) is 24.3 Å². The molecule has 0 amide bonds. The molecule has 0 aliphatic heterocycles. The number of benzene rings is 2. The minimum absolute atomic E-state index is 0.132. The summed E-state index contributed by atoms with van der Waals surface area (Å²) < 4.78 is 44.7. The van der Waals surface area contributed by atoms with Crippen LogP contribution in [0.4, 0.5) is 13.2 Å². The van der Waals surface area contributed by atoms with Gasteiger partial charge in [-0.2, -0.15) is 0 Å². The van der Waals surface area contributed by atoms with Crippen LogP contribution in [0.1, 0.15) is 10.4 Å². The molecule has 0 aliphatic carbocycles. The second-order valence-electron chi connectivity index (χ2n) is 3.94. The van der Waals surface area contributed by atoms with Crippen molar-refractivity contribution in [2.45, 2.75) is 0 Å². The van der Waals surface area contributed by atoms with Crippen molar-refractivity contribution in [2.24, 2.45) is 0 Å². The monoisotopic (exact) mass is 344 g/mol. The molecule has 20 heavy (non-hydrogen) atoms. The van der Waals surface area contributed by atoms with Gasteiger partial charge in [-0.15, -0.1) is 0 Å². The first-order chi connectivity index (χ1) is 9.45. The van der Waals surface area contributed by atoms with Crippen LogP contribution in [-0.4, -0.2) is 12.4 Å². The minimum atomic E-state index is -0.959. The third-order valence-corrected chi connectivity index (χ3v) is 2.90. The van der Waals surface area contributed by atoms with E-state index >= 15 is 0 Å². The van der Waals surface area contributed by atoms with Crippen molar-refractivity contribution in [3.05, 3.63) is 63.9 Å². The number of hydrogen-bond acceptors (Lipinski definition) is 2. The normalized spacial score (nSPS) is 10.4. The Morgan fingerprint density at radius 1 is 1.05 bits per heavy atom. The Morgan fingerprint density at radius 2 is 1.80 bits per heavy atom. The summed E-state index contributed by atoms with van der Waals surface area (Å²) in [4.78, 5) is 11.7. The van der Waals surface area contributed by atoms with Gasteiger partial charge in [-0.1, -0.05) is 15.9 Å². The van der Waals surface area contributed by atoms with E-state index in [1.54, 1.807) is 0 Å². The Kier molecular flexibility index (Phi) is 4.44. The zero-order valence-electron chi connectivity index (χ0n) is 10.00. The Balaban J connectivity index is 2.08. The molecule has 2 aromatic rings. The lowest BCUT2D eigenvalue weighted by Crippen LogP contribution is -2.13. The number of ketones is 1. The van der Waals surface area contributed by atoms with Crippen molar-refractivity contribution in [2.75, 3.05) is 6.61 Å². The van der Waals surface area contributed by atoms with Crippen molar-refractivity contribution in [3.63, 3.8) is 0 Å². The van der Waals surface area contributed by atoms with E-state index in [-0.39, 0.29) is 11.3 Å². The van der Waals surface area contributed by atoms with Crippen molar-refractivity contribution in [1.29, 1.82) is 0 Å². The molecule has 0 aromatic heterocycles. The Labute approximate surface area is 121 Å². The van der Waals surface area contributed by atoms with Gasteiger partial charge >= 0.3 is 0 Å². The van der Waals surface area contributed by atoms with Crippen molar-refractivity contribution < 1.29 is 22.7 Å². The summed E-state index contributed by atoms with van der Waals surface area (Å²) in [5, 5.41) is 0. The van der Waals surface area contributed by atoms with Crippen LogP contribution in [-0.2, 0) is 0 Å². The van der Waals surface area contributed by atoms with Gasteiger partial charge in [-0.25, -0.2) is 13.2 Å². The largest absolute Gasteiger partial charge is 0.485 e. The SMILES string of the molecule is O=C(COc1cc(F)cc(Br)c1)c1ccc(F)cc1F. The average molecular weight is 345 g/mol. The molecule has 6 heteroatoms. The van der Waals surface area contributed by atoms with Crippen LogP contribution in [0.15, 0.2) is 40.9 Å². The van der Waals surface area contributed by atoms with E-state index in [1.165, 1.54) is 12.1 Å². The van der Waals surface area contributed by atoms with E-state index in [0.29, 0.717) is 10.5 Å². The van der Waals surface area contributed by atoms with Crippen LogP contribution in [0.3, 0.4) is 0 Å². The summed E-state index contributed by atoms with van der Waals surface area (Å²) in [5.74, 6) is -2.79. The number of halogens is 4. The van der Waals surface area contributed by atoms with Crippen LogP contribution in [0, 0.1) is 17.5 Å². The zero-order chi connectivity index (χ0) is 14.7. The highest BCUT2D eigenvalue weighted by atomic mass is 79.9. The molecule has 2 nitrogen and oxygen atoms in total. The third kappa shape index (κ3) is 3.60. The first-order valence-electron chi connectivity index (χ1n) is 5.53. The highest BCUT2D eigenvalue weighted by Gasteiger charge is 2.13. The van der Waals surface area contributed by atoms with E-state index < -0.39 is 29.8 Å². The molecule has 0 unspecified atom stereocenters. The molecule has 0 bridgehead atoms. The number of carbonyl (C=O) groups excluding carboxylic acids is 1. The number of Topliss-reactive ketones (excluding diaryl/α,β-unsaturated/α-hetero) is 1. The lowest BCUT2D eigenvalue weighted by Gasteiger charge is -2.07. The number of rotatable bonds is 4. The third-order valence-electron chi connectivity index (χ3n) is 2.44. The first-order valence-corrected chi connectivity index (χ1v) is 6.32. The minimum Gasteiger partial charge on any atom is -0.485 e. The maximum atomic E-state index is 13.4. The summed E-state index contributed by atoms with van der Waals surface area (Å²) in [6.45, 7) is -0.474. The van der Waals surface area contributed by atoms with Crippen molar-refractivity contribution in [1.82, 2.24) is 0 Å². The van der Waals surface area contributed by atoms with Gasteiger partial charge < -0.3 is 4.74 Å². The van der Waals surface area contributed by atoms with Gasteiger partial charge in [0.15, 0.2) is 6.61 Å². The van der Waals surface area contributed by atoms with Crippen LogP contribution in [0.5, 0.6) is 5.75 Å². The van der Waals surface area contributed by atoms with Gasteiger partial charge in [-0.3, -0.25) is 4.79 Å². The molecule has 0 fully saturated rings. The summed E-state index contributed by atoms with van der Waals surface area (Å²) in [6, 6.07) is 6.43. The quantitative estimate of drug-likeness (QED) is 0.779. The Bertz CT molecular complexity index is 639. The van der Waals surface area contributed by atoms with E-state index in [2.05, 4.69) is 15.9 Å². The lowest BCUT2D eigenvalue weighted by molar-refractivity contribution is 0.0917. The van der Waals surface area contributed by atoms with Gasteiger partial charge in [0.05, 0.1) is 5.56 Å². The molecule has 2 aromatic carbocycles. The molecular weight excluding hydrogens is 337 g/mol. The molecule has 0 heterocycles. The van der Waals surface area contributed by atoms with E-state index in [1.807, 2.05) is 0 Å². The fourth-order valence-electron chi connectivity index (χ4n) is 1.55. The fourth-order valence-corrected chi connectivity index (χ4v) is 2.00. The first kappa shape index (κ1) is 14.6. The topological polar surface area (TPSA) is 26.3 Å². The Hall–Kier alpha value is -1.82. The van der Waals surface area contributed by atoms with Crippen LogP contribution in [0.2, 0.25) is 0 Å². The molecule has 2 rings (SSSR count). The highest BCUT2D eigenvalue weighted by molar-refractivity contribution is 9.10. The van der Waals surface area contributed by atoms with Gasteiger partial charge in [0.1, 0.15) is 23.2 Å². The molecule has 0 atom stereocenters. The summed E-state index contributed by atoms with van der Waals surface area (Å²) in [7, 11) is 0. The van der Waals surface area contributed by atoms with Crippen LogP contribution >= 0.6 is 15.9 Å². The van der Waals surface area contributed by atoms with Crippen molar-refractivity contribution in [3.8, 4) is 5.75 Å². The summed E-state index contributed by atoms with van der Waals surface area (Å²) >= 11 is 3.08. The maximum absolute atomic E-state index is 13.4. The van der Waals surface area contributed by atoms with Crippen LogP contribution in [0.25, 0.3) is 0 Å². The second-order valence-corrected chi connectivity index (χ2v) is 4.86. The highest BCUT2D eigenvalue weighted by Crippen LogP contribution is 2.21. The van der Waals surface area contributed by atoms with Gasteiger partial charge in [0.25, 0.3) is 0 Å². The van der Waals surface area contributed by atoms with Crippen molar-refractivity contribution >= 4 is 21.7 Å². The average Bonchev–Trinajstić information content (AvgIpc) is 2.35. The lowest BCUT2D eigenvalue weighted by atomic mass is 10.1. The maximum Gasteiger partial charge on any atom is 0.203 e. The second kappa shape index (κ2) is 6.09. The van der Waals surface area contributed by atoms with E-state index in [4.69, 9.17) is 4.74 Å². The van der Waals surface area contributed by atoms with Gasteiger partial charge in [0, 0.05) is 16.6 Å². The molecule has 0 saturated heterocycles. The number of hydrogen-bond donors (Lipinski definition) is 0. The van der Waals surface area contributed by atoms with E-state index in [0.717, 1.165) is 18.2 Å². The smallest absolute Gasteiger partial charge is 0.203 e. The fraction of sp³-hybridized carbons (Fsp3) is 0.0714. The summed E-state index contributed by atoms with van der Waals surface area (Å²) in [5.41, 5.74) is -0.276. The molecule has 104 valence electrons. The predicted molar refractivity (Wildman–Crippen MR) is 70.3 cm³/mol. The molecule has 0 saturated carbocycles. The molecular formula is C14H8BrF3O2. The summed E-state index contributed by atoms with van der Waals surface area (Å²) in [6.07, 6.45) is 0. The van der Waals surface area contributed by atoms with E-state index in [9.17, 15) is 18.0 Å². The molecule has 0 N–H and O–H groups in total. The van der Waals surface area contributed by atoms with Crippen LogP contribution < -0.4 is 4.74 Å². The molecule has 0 aliphatic rings. The molecule has 0 spiro atoms. The standard InChI is InChI=1S/C14H8BrF3O2/c15-8-3-10(17)5-11(4-8)20-7-14(19)12-2-1-9(16)6-13(12)18/h1-6H,7H2. The number of carbonyl (C=O) groups is 1. The zero-order valence-corrected chi connectivity index (χ0v) is 11.6. The van der Waals surface area contributed by atoms with Gasteiger partial charge in [0.2, 0.25) is 5.78 Å². The number of ether oxygens (including phenoxy) is 1. The molecule has 0 radical (unpaired) electrons. The Morgan fingerprint density at radius 3 is 2.45 bits per heavy atom.